The van der Waals surface area contributed by atoms with E-state index in [-0.39, 0.29) is 27.8 Å². The van der Waals surface area contributed by atoms with Gasteiger partial charge in [-0.2, -0.15) is 0 Å². The summed E-state index contributed by atoms with van der Waals surface area (Å²) < 4.78 is 30.3. The van der Waals surface area contributed by atoms with Crippen LogP contribution >= 0.6 is 39.0 Å². The Bertz CT molecular complexity index is 973. The highest BCUT2D eigenvalue weighted by atomic mass is 79.9. The molecule has 11 heteroatoms. The van der Waals surface area contributed by atoms with Gasteiger partial charge in [0, 0.05) is 16.8 Å². The zero-order chi connectivity index (χ0) is 23.5. The molecule has 0 unspecified atom stereocenters. The molecule has 2 N–H and O–H groups in total. The molecule has 1 aromatic heterocycles. The molecule has 0 spiro atoms. The largest absolute Gasteiger partial charge is 0.481 e. The first-order valence-electron chi connectivity index (χ1n) is 10.1. The maximum absolute atomic E-state index is 14.7. The highest BCUT2D eigenvalue weighted by Gasteiger charge is 2.29. The van der Waals surface area contributed by atoms with E-state index in [2.05, 4.69) is 26.2 Å². The van der Waals surface area contributed by atoms with Gasteiger partial charge in [0.2, 0.25) is 0 Å². The first kappa shape index (κ1) is 24.9. The van der Waals surface area contributed by atoms with Crippen LogP contribution in [0.25, 0.3) is 0 Å². The van der Waals surface area contributed by atoms with Gasteiger partial charge in [0.25, 0.3) is 0 Å². The number of carboxylic acids is 1. The number of hydrogen-bond acceptors (Lipinski definition) is 5. The van der Waals surface area contributed by atoms with E-state index in [9.17, 15) is 23.5 Å². The Balaban J connectivity index is 1.76. The van der Waals surface area contributed by atoms with Crippen molar-refractivity contribution in [2.24, 2.45) is 11.3 Å². The summed E-state index contributed by atoms with van der Waals surface area (Å²) in [5.41, 5.74) is -1.29. The second kappa shape index (κ2) is 10.5. The van der Waals surface area contributed by atoms with Crippen molar-refractivity contribution in [1.82, 2.24) is 4.98 Å². The van der Waals surface area contributed by atoms with Crippen LogP contribution in [0.3, 0.4) is 0 Å². The van der Waals surface area contributed by atoms with Gasteiger partial charge in [-0.05, 0) is 44.7 Å². The average molecular weight is 548 g/mol. The van der Waals surface area contributed by atoms with Crippen molar-refractivity contribution >= 4 is 61.8 Å². The highest BCUT2D eigenvalue weighted by Crippen LogP contribution is 2.35. The molecular weight excluding hydrogens is 524 g/mol. The van der Waals surface area contributed by atoms with Gasteiger partial charge in [-0.1, -0.05) is 40.1 Å². The molecule has 1 aliphatic carbocycles. The summed E-state index contributed by atoms with van der Waals surface area (Å²) in [6, 6.07) is 1.61. The van der Waals surface area contributed by atoms with Crippen molar-refractivity contribution in [1.29, 1.82) is 0 Å². The molecule has 1 aliphatic rings. The number of carbonyl (C=O) groups is 2. The van der Waals surface area contributed by atoms with Crippen molar-refractivity contribution < 1.29 is 23.5 Å². The van der Waals surface area contributed by atoms with Gasteiger partial charge >= 0.3 is 12.0 Å². The number of aliphatic carboxylic acids is 1. The maximum Gasteiger partial charge on any atom is 0.328 e. The van der Waals surface area contributed by atoms with Crippen LogP contribution < -0.4 is 10.2 Å². The summed E-state index contributed by atoms with van der Waals surface area (Å²) in [7, 11) is 0. The Labute approximate surface area is 201 Å². The number of carboxylic acid groups (broad SMARTS) is 1. The summed E-state index contributed by atoms with van der Waals surface area (Å²) in [5, 5.41) is 12.2. The summed E-state index contributed by atoms with van der Waals surface area (Å²) in [6.45, 7) is 3.48. The van der Waals surface area contributed by atoms with Gasteiger partial charge in [0.1, 0.15) is 5.69 Å². The molecule has 0 bridgehead atoms. The number of rotatable bonds is 8. The molecule has 0 radical (unpaired) electrons. The molecule has 32 heavy (non-hydrogen) atoms. The molecule has 0 aliphatic heterocycles. The molecular formula is C21H24BrF2N3O3S2. The van der Waals surface area contributed by atoms with E-state index in [1.807, 2.05) is 0 Å². The number of thioether (sulfide) groups is 1. The van der Waals surface area contributed by atoms with Crippen LogP contribution in [0.15, 0.2) is 27.0 Å². The number of anilines is 2. The molecule has 1 aromatic carbocycles. The van der Waals surface area contributed by atoms with E-state index in [1.165, 1.54) is 23.1 Å². The van der Waals surface area contributed by atoms with Crippen LogP contribution in [-0.4, -0.2) is 34.4 Å². The number of nitrogens with zero attached hydrogens (tertiary/aromatic N) is 2. The molecule has 0 saturated heterocycles. The third-order valence-corrected chi connectivity index (χ3v) is 8.29. The Hall–Kier alpha value is -1.72. The van der Waals surface area contributed by atoms with E-state index in [0.29, 0.717) is 5.75 Å². The second-order valence-corrected chi connectivity index (χ2v) is 11.6. The maximum atomic E-state index is 14.7. The Kier molecular flexibility index (Phi) is 8.16. The third kappa shape index (κ3) is 6.20. The van der Waals surface area contributed by atoms with Gasteiger partial charge in [0.15, 0.2) is 16.8 Å². The molecule has 2 amide bonds. The fourth-order valence-electron chi connectivity index (χ4n) is 3.38. The zero-order valence-corrected chi connectivity index (χ0v) is 20.9. The average Bonchev–Trinajstić information content (AvgIpc) is 3.36. The minimum Gasteiger partial charge on any atom is -0.481 e. The molecule has 2 aromatic rings. The molecule has 1 saturated carbocycles. The molecule has 3 rings (SSSR count). The SMILES string of the molecule is CC(C)(CSc1cnc(NC(=O)N(CC2CCCC2)c2c(F)cc(Br)cc2F)s1)C(=O)O. The predicted molar refractivity (Wildman–Crippen MR) is 127 cm³/mol. The number of halogens is 3. The minimum atomic E-state index is -0.910. The number of carbonyl (C=O) groups excluding carboxylic acids is 1. The Morgan fingerprint density at radius 1 is 1.31 bits per heavy atom. The number of thiazole rings is 1. The van der Waals surface area contributed by atoms with Crippen LogP contribution in [0.1, 0.15) is 39.5 Å². The highest BCUT2D eigenvalue weighted by molar-refractivity contribution is 9.10. The van der Waals surface area contributed by atoms with Crippen molar-refractivity contribution in [3.8, 4) is 0 Å². The Morgan fingerprint density at radius 3 is 2.53 bits per heavy atom. The number of benzene rings is 1. The first-order chi connectivity index (χ1) is 15.1. The molecule has 0 atom stereocenters. The monoisotopic (exact) mass is 547 g/mol. The van der Waals surface area contributed by atoms with Gasteiger partial charge in [-0.3, -0.25) is 15.0 Å². The van der Waals surface area contributed by atoms with Gasteiger partial charge in [-0.25, -0.2) is 18.6 Å². The lowest BCUT2D eigenvalue weighted by Gasteiger charge is -2.26. The van der Waals surface area contributed by atoms with Gasteiger partial charge < -0.3 is 5.11 Å². The number of aromatic nitrogens is 1. The number of amides is 2. The second-order valence-electron chi connectivity index (χ2n) is 8.37. The zero-order valence-electron chi connectivity index (χ0n) is 17.7. The van der Waals surface area contributed by atoms with Crippen molar-refractivity contribution in [3.05, 3.63) is 34.4 Å². The molecule has 6 nitrogen and oxygen atoms in total. The summed E-state index contributed by atoms with van der Waals surface area (Å²) >= 11 is 5.58. The number of hydrogen-bond donors (Lipinski definition) is 2. The predicted octanol–water partition coefficient (Wildman–Crippen LogP) is 6.62. The normalized spacial score (nSPS) is 14.5. The van der Waals surface area contributed by atoms with Gasteiger partial charge in [-0.15, -0.1) is 11.8 Å². The van der Waals surface area contributed by atoms with E-state index in [4.69, 9.17) is 0 Å². The van der Waals surface area contributed by atoms with E-state index in [1.54, 1.807) is 20.0 Å². The van der Waals surface area contributed by atoms with Crippen molar-refractivity contribution in [3.63, 3.8) is 0 Å². The lowest BCUT2D eigenvalue weighted by molar-refractivity contribution is -0.145. The van der Waals surface area contributed by atoms with Crippen LogP contribution in [0.5, 0.6) is 0 Å². The van der Waals surface area contributed by atoms with Crippen LogP contribution in [0.2, 0.25) is 0 Å². The fourth-order valence-corrected chi connectivity index (χ4v) is 5.72. The lowest BCUT2D eigenvalue weighted by Crippen LogP contribution is -2.39. The molecule has 1 fully saturated rings. The fraction of sp³-hybridized carbons (Fsp3) is 0.476. The Morgan fingerprint density at radius 2 is 1.94 bits per heavy atom. The number of nitrogens with one attached hydrogen (secondary N) is 1. The number of urea groups is 1. The van der Waals surface area contributed by atoms with Crippen molar-refractivity contribution in [2.75, 3.05) is 22.5 Å². The van der Waals surface area contributed by atoms with Gasteiger partial charge in [0.05, 0.1) is 15.8 Å². The summed E-state index contributed by atoms with van der Waals surface area (Å²) in [6.07, 6.45) is 5.42. The third-order valence-electron chi connectivity index (χ3n) is 5.26. The summed E-state index contributed by atoms with van der Waals surface area (Å²) in [4.78, 5) is 29.6. The molecule has 174 valence electrons. The quantitative estimate of drug-likeness (QED) is 0.363. The van der Waals surface area contributed by atoms with Crippen LogP contribution in [0.4, 0.5) is 24.4 Å². The van der Waals surface area contributed by atoms with E-state index >= 15 is 0 Å². The van der Waals surface area contributed by atoms with E-state index < -0.39 is 29.0 Å². The standard InChI is InChI=1S/C21H24BrF2N3O3S2/c1-21(2,18(28)29)11-31-16-9-25-19(32-16)26-20(30)27(10-12-5-3-4-6-12)17-14(23)7-13(22)8-15(17)24/h7-9,12H,3-6,10-11H2,1-2H3,(H,28,29)(H,25,26,30). The smallest absolute Gasteiger partial charge is 0.328 e. The lowest BCUT2D eigenvalue weighted by atomic mass is 9.97. The van der Waals surface area contributed by atoms with Crippen LogP contribution in [0, 0.1) is 23.0 Å². The molecule has 1 heterocycles. The minimum absolute atomic E-state index is 0.170. The van der Waals surface area contributed by atoms with E-state index in [0.717, 1.165) is 46.9 Å². The van der Waals surface area contributed by atoms with Crippen LogP contribution in [-0.2, 0) is 4.79 Å². The summed E-state index contributed by atoms with van der Waals surface area (Å²) in [5.74, 6) is -2.04. The topological polar surface area (TPSA) is 82.5 Å². The first-order valence-corrected chi connectivity index (χ1v) is 12.7. The van der Waals surface area contributed by atoms with Crippen molar-refractivity contribution in [2.45, 2.75) is 43.7 Å².